The molecular formula is C10H11N3S. The molecule has 0 aliphatic carbocycles. The molecule has 1 N–H and O–H groups in total. The van der Waals surface area contributed by atoms with E-state index in [0.29, 0.717) is 0 Å². The molecule has 2 rings (SSSR count). The lowest BCUT2D eigenvalue weighted by molar-refractivity contribution is 0.660. The summed E-state index contributed by atoms with van der Waals surface area (Å²) in [6.45, 7) is 2.94. The van der Waals surface area contributed by atoms with Crippen LogP contribution >= 0.6 is 12.2 Å². The molecule has 0 amide bonds. The Morgan fingerprint density at radius 1 is 1.50 bits per heavy atom. The number of rotatable bonds is 2. The van der Waals surface area contributed by atoms with Gasteiger partial charge in [0, 0.05) is 24.0 Å². The van der Waals surface area contributed by atoms with E-state index in [1.54, 1.807) is 0 Å². The Labute approximate surface area is 87.4 Å². The molecule has 2 aromatic rings. The predicted molar refractivity (Wildman–Crippen MR) is 58.5 cm³/mol. The smallest absolute Gasteiger partial charge is 0.103 e. The SMILES string of the molecule is CCn1cc(-c2cccc(=S)[nH]2)cn1. The summed E-state index contributed by atoms with van der Waals surface area (Å²) in [4.78, 5) is 3.12. The van der Waals surface area contributed by atoms with Crippen LogP contribution in [0.15, 0.2) is 30.6 Å². The average Bonchev–Trinajstić information content (AvgIpc) is 2.66. The first-order chi connectivity index (χ1) is 6.79. The molecule has 0 spiro atoms. The van der Waals surface area contributed by atoms with Crippen molar-refractivity contribution >= 4 is 12.2 Å². The van der Waals surface area contributed by atoms with Crippen molar-refractivity contribution in [2.75, 3.05) is 0 Å². The second-order valence-electron chi connectivity index (χ2n) is 3.01. The fourth-order valence-electron chi connectivity index (χ4n) is 1.29. The molecule has 14 heavy (non-hydrogen) atoms. The van der Waals surface area contributed by atoms with Crippen LogP contribution in [0.2, 0.25) is 0 Å². The number of aryl methyl sites for hydroxylation is 1. The fourth-order valence-corrected chi connectivity index (χ4v) is 1.48. The summed E-state index contributed by atoms with van der Waals surface area (Å²) >= 11 is 5.05. The van der Waals surface area contributed by atoms with Gasteiger partial charge in [-0.2, -0.15) is 5.10 Å². The van der Waals surface area contributed by atoms with Gasteiger partial charge in [0.25, 0.3) is 0 Å². The lowest BCUT2D eigenvalue weighted by Crippen LogP contribution is -1.92. The lowest BCUT2D eigenvalue weighted by Gasteiger charge is -1.96. The maximum absolute atomic E-state index is 5.05. The number of nitrogens with zero attached hydrogens (tertiary/aromatic N) is 2. The number of nitrogens with one attached hydrogen (secondary N) is 1. The Bertz CT molecular complexity index is 484. The number of pyridine rings is 1. The maximum Gasteiger partial charge on any atom is 0.103 e. The summed E-state index contributed by atoms with van der Waals surface area (Å²) in [7, 11) is 0. The number of H-pyrrole nitrogens is 1. The van der Waals surface area contributed by atoms with Gasteiger partial charge in [0.2, 0.25) is 0 Å². The molecule has 0 aliphatic heterocycles. The van der Waals surface area contributed by atoms with E-state index in [1.807, 2.05) is 35.3 Å². The minimum atomic E-state index is 0.742. The van der Waals surface area contributed by atoms with Crippen molar-refractivity contribution in [2.45, 2.75) is 13.5 Å². The van der Waals surface area contributed by atoms with E-state index in [4.69, 9.17) is 12.2 Å². The van der Waals surface area contributed by atoms with Gasteiger partial charge in [0.15, 0.2) is 0 Å². The van der Waals surface area contributed by atoms with E-state index < -0.39 is 0 Å². The van der Waals surface area contributed by atoms with E-state index >= 15 is 0 Å². The highest BCUT2D eigenvalue weighted by Gasteiger charge is 1.99. The highest BCUT2D eigenvalue weighted by atomic mass is 32.1. The first-order valence-electron chi connectivity index (χ1n) is 4.52. The molecule has 0 radical (unpaired) electrons. The first kappa shape index (κ1) is 9.15. The summed E-state index contributed by atoms with van der Waals surface area (Å²) in [6.07, 6.45) is 3.84. The van der Waals surface area contributed by atoms with Crippen LogP contribution < -0.4 is 0 Å². The van der Waals surface area contributed by atoms with Crippen LogP contribution in [0.1, 0.15) is 6.92 Å². The number of hydrogen-bond donors (Lipinski definition) is 1. The van der Waals surface area contributed by atoms with Crippen molar-refractivity contribution in [1.82, 2.24) is 14.8 Å². The largest absolute Gasteiger partial charge is 0.346 e. The monoisotopic (exact) mass is 205 g/mol. The summed E-state index contributed by atoms with van der Waals surface area (Å²) in [6, 6.07) is 5.80. The maximum atomic E-state index is 5.05. The molecule has 2 heterocycles. The molecule has 4 heteroatoms. The molecule has 0 unspecified atom stereocenters. The summed E-state index contributed by atoms with van der Waals surface area (Å²) in [5.74, 6) is 0. The summed E-state index contributed by atoms with van der Waals surface area (Å²) < 4.78 is 2.63. The molecule has 0 bridgehead atoms. The molecule has 0 aliphatic rings. The van der Waals surface area contributed by atoms with E-state index in [0.717, 1.165) is 22.4 Å². The third-order valence-electron chi connectivity index (χ3n) is 2.04. The normalized spacial score (nSPS) is 10.4. The van der Waals surface area contributed by atoms with Gasteiger partial charge < -0.3 is 4.98 Å². The molecule has 0 saturated carbocycles. The Balaban J connectivity index is 2.44. The zero-order valence-corrected chi connectivity index (χ0v) is 8.71. The second kappa shape index (κ2) is 3.75. The van der Waals surface area contributed by atoms with Crippen molar-refractivity contribution in [3.63, 3.8) is 0 Å². The van der Waals surface area contributed by atoms with Crippen molar-refractivity contribution in [3.8, 4) is 11.3 Å². The van der Waals surface area contributed by atoms with Crippen LogP contribution in [0.25, 0.3) is 11.3 Å². The highest BCUT2D eigenvalue weighted by molar-refractivity contribution is 7.71. The van der Waals surface area contributed by atoms with Crippen molar-refractivity contribution < 1.29 is 0 Å². The van der Waals surface area contributed by atoms with Gasteiger partial charge in [-0.15, -0.1) is 0 Å². The van der Waals surface area contributed by atoms with Crippen LogP contribution in [0.3, 0.4) is 0 Å². The topological polar surface area (TPSA) is 33.6 Å². The second-order valence-corrected chi connectivity index (χ2v) is 3.45. The van der Waals surface area contributed by atoms with Crippen LogP contribution in [0.5, 0.6) is 0 Å². The van der Waals surface area contributed by atoms with E-state index in [2.05, 4.69) is 17.0 Å². The summed E-state index contributed by atoms with van der Waals surface area (Å²) in [5.41, 5.74) is 2.08. The Kier molecular flexibility index (Phi) is 2.45. The lowest BCUT2D eigenvalue weighted by atomic mass is 10.2. The molecule has 0 atom stereocenters. The van der Waals surface area contributed by atoms with Gasteiger partial charge in [-0.3, -0.25) is 4.68 Å². The Hall–Kier alpha value is -1.42. The average molecular weight is 205 g/mol. The van der Waals surface area contributed by atoms with Crippen molar-refractivity contribution in [2.24, 2.45) is 0 Å². The zero-order chi connectivity index (χ0) is 9.97. The van der Waals surface area contributed by atoms with E-state index in [9.17, 15) is 0 Å². The number of hydrogen-bond acceptors (Lipinski definition) is 2. The molecular weight excluding hydrogens is 194 g/mol. The van der Waals surface area contributed by atoms with E-state index in [1.165, 1.54) is 0 Å². The van der Waals surface area contributed by atoms with Crippen LogP contribution in [-0.2, 0) is 6.54 Å². The number of aromatic amines is 1. The standard InChI is InChI=1S/C10H11N3S/c1-2-13-7-8(6-11-13)9-4-3-5-10(14)12-9/h3-7H,2H2,1H3,(H,12,14). The highest BCUT2D eigenvalue weighted by Crippen LogP contribution is 2.14. The molecule has 3 nitrogen and oxygen atoms in total. The number of aromatic nitrogens is 3. The van der Waals surface area contributed by atoms with E-state index in [-0.39, 0.29) is 0 Å². The Morgan fingerprint density at radius 3 is 3.00 bits per heavy atom. The Morgan fingerprint density at radius 2 is 2.36 bits per heavy atom. The molecule has 0 saturated heterocycles. The summed E-state index contributed by atoms with van der Waals surface area (Å²) in [5, 5.41) is 4.20. The predicted octanol–water partition coefficient (Wildman–Crippen LogP) is 2.63. The van der Waals surface area contributed by atoms with Gasteiger partial charge in [0.1, 0.15) is 4.64 Å². The molecule has 2 aromatic heterocycles. The third-order valence-corrected chi connectivity index (χ3v) is 2.27. The fraction of sp³-hybridized carbons (Fsp3) is 0.200. The van der Waals surface area contributed by atoms with Crippen molar-refractivity contribution in [1.29, 1.82) is 0 Å². The first-order valence-corrected chi connectivity index (χ1v) is 4.92. The van der Waals surface area contributed by atoms with Gasteiger partial charge in [0.05, 0.1) is 6.20 Å². The van der Waals surface area contributed by atoms with Gasteiger partial charge in [-0.1, -0.05) is 18.3 Å². The molecule has 0 fully saturated rings. The van der Waals surface area contributed by atoms with Crippen molar-refractivity contribution in [3.05, 3.63) is 35.2 Å². The minimum Gasteiger partial charge on any atom is -0.346 e. The van der Waals surface area contributed by atoms with Crippen LogP contribution in [0, 0.1) is 4.64 Å². The minimum absolute atomic E-state index is 0.742. The van der Waals surface area contributed by atoms with Crippen LogP contribution in [-0.4, -0.2) is 14.8 Å². The third kappa shape index (κ3) is 1.75. The van der Waals surface area contributed by atoms with Crippen LogP contribution in [0.4, 0.5) is 0 Å². The zero-order valence-electron chi connectivity index (χ0n) is 7.90. The van der Waals surface area contributed by atoms with Gasteiger partial charge in [-0.25, -0.2) is 0 Å². The quantitative estimate of drug-likeness (QED) is 0.765. The molecule has 0 aromatic carbocycles. The van der Waals surface area contributed by atoms with Gasteiger partial charge >= 0.3 is 0 Å². The van der Waals surface area contributed by atoms with Gasteiger partial charge in [-0.05, 0) is 19.1 Å². The molecule has 72 valence electrons.